The molecule has 2 atom stereocenters. The molecule has 3 rings (SSSR count). The summed E-state index contributed by atoms with van der Waals surface area (Å²) in [6.45, 7) is 4.29. The average molecular weight is 350 g/mol. The zero-order chi connectivity index (χ0) is 17.6. The van der Waals surface area contributed by atoms with Gasteiger partial charge in [-0.05, 0) is 30.9 Å². The number of morpholine rings is 1. The highest BCUT2D eigenvalue weighted by Crippen LogP contribution is 2.20. The molecule has 0 aliphatic carbocycles. The summed E-state index contributed by atoms with van der Waals surface area (Å²) >= 11 is 0. The van der Waals surface area contributed by atoms with Crippen molar-refractivity contribution in [2.45, 2.75) is 37.8 Å². The second kappa shape index (κ2) is 8.74. The van der Waals surface area contributed by atoms with Crippen molar-refractivity contribution in [2.24, 2.45) is 0 Å². The first kappa shape index (κ1) is 18.3. The number of hydrogen-bond acceptors (Lipinski definition) is 4. The third kappa shape index (κ3) is 4.77. The second-order valence-corrected chi connectivity index (χ2v) is 6.83. The molecule has 2 heterocycles. The molecule has 0 aromatic heterocycles. The number of nitrogens with zero attached hydrogens (tertiary/aromatic N) is 2. The van der Waals surface area contributed by atoms with Crippen LogP contribution in [0, 0.1) is 5.82 Å². The topological polar surface area (TPSA) is 53.0 Å². The molecule has 138 valence electrons. The normalized spacial score (nSPS) is 25.6. The molecule has 1 N–H and O–H groups in total. The largest absolute Gasteiger partial charge is 0.391 e. The first-order valence-corrected chi connectivity index (χ1v) is 9.16. The van der Waals surface area contributed by atoms with Crippen molar-refractivity contribution >= 4 is 5.91 Å². The summed E-state index contributed by atoms with van der Waals surface area (Å²) < 4.78 is 19.1. The first-order chi connectivity index (χ1) is 12.1. The van der Waals surface area contributed by atoms with Gasteiger partial charge in [0.15, 0.2) is 0 Å². The summed E-state index contributed by atoms with van der Waals surface area (Å²) in [7, 11) is 0. The molecule has 6 heteroatoms. The predicted octanol–water partition coefficient (Wildman–Crippen LogP) is 1.44. The highest BCUT2D eigenvalue weighted by molar-refractivity contribution is 5.76. The van der Waals surface area contributed by atoms with Crippen molar-refractivity contribution in [1.82, 2.24) is 9.80 Å². The zero-order valence-electron chi connectivity index (χ0n) is 14.6. The highest BCUT2D eigenvalue weighted by atomic mass is 19.1. The van der Waals surface area contributed by atoms with Crippen LogP contribution in [0.4, 0.5) is 4.39 Å². The lowest BCUT2D eigenvalue weighted by Gasteiger charge is -2.36. The number of carbonyl (C=O) groups is 1. The lowest BCUT2D eigenvalue weighted by Crippen LogP contribution is -2.49. The van der Waals surface area contributed by atoms with Gasteiger partial charge in [-0.1, -0.05) is 18.2 Å². The van der Waals surface area contributed by atoms with Gasteiger partial charge < -0.3 is 14.7 Å². The lowest BCUT2D eigenvalue weighted by molar-refractivity contribution is -0.131. The van der Waals surface area contributed by atoms with Gasteiger partial charge in [-0.3, -0.25) is 9.69 Å². The smallest absolute Gasteiger partial charge is 0.222 e. The molecule has 25 heavy (non-hydrogen) atoms. The third-order valence-corrected chi connectivity index (χ3v) is 5.27. The summed E-state index contributed by atoms with van der Waals surface area (Å²) in [6.07, 6.45) is 1.67. The SMILES string of the molecule is O=C(CCc1ccccc1F)N1CC[C@H](O)[C@@H](N2CCOCC2)CC1. The number of ether oxygens (including phenoxy) is 1. The number of amides is 1. The number of aliphatic hydroxyl groups excluding tert-OH is 1. The maximum Gasteiger partial charge on any atom is 0.222 e. The Morgan fingerprint density at radius 3 is 2.64 bits per heavy atom. The van der Waals surface area contributed by atoms with Crippen molar-refractivity contribution in [2.75, 3.05) is 39.4 Å². The fraction of sp³-hybridized carbons (Fsp3) is 0.632. The minimum atomic E-state index is -0.414. The first-order valence-electron chi connectivity index (χ1n) is 9.16. The van der Waals surface area contributed by atoms with E-state index in [9.17, 15) is 14.3 Å². The lowest BCUT2D eigenvalue weighted by atomic mass is 10.0. The minimum absolute atomic E-state index is 0.0399. The Morgan fingerprint density at radius 1 is 1.16 bits per heavy atom. The molecule has 2 aliphatic heterocycles. The maximum atomic E-state index is 13.7. The summed E-state index contributed by atoms with van der Waals surface area (Å²) in [5.74, 6) is -0.216. The number of aryl methyl sites for hydroxylation is 1. The van der Waals surface area contributed by atoms with Gasteiger partial charge in [-0.25, -0.2) is 4.39 Å². The fourth-order valence-corrected chi connectivity index (χ4v) is 3.76. The Balaban J connectivity index is 1.53. The van der Waals surface area contributed by atoms with Gasteiger partial charge in [0, 0.05) is 38.6 Å². The number of hydrogen-bond donors (Lipinski definition) is 1. The molecule has 2 saturated heterocycles. The zero-order valence-corrected chi connectivity index (χ0v) is 14.6. The number of benzene rings is 1. The van der Waals surface area contributed by atoms with Crippen LogP contribution in [-0.2, 0) is 16.0 Å². The Hall–Kier alpha value is -1.50. The van der Waals surface area contributed by atoms with Crippen LogP contribution in [0.3, 0.4) is 0 Å². The van der Waals surface area contributed by atoms with Gasteiger partial charge in [0.2, 0.25) is 5.91 Å². The molecule has 0 spiro atoms. The standard InChI is InChI=1S/C19H27FN2O3/c20-16-4-2-1-3-15(16)5-6-19(24)22-9-7-17(18(23)8-10-22)21-11-13-25-14-12-21/h1-4,17-18,23H,5-14H2/t17-,18-/m0/s1. The van der Waals surface area contributed by atoms with E-state index in [2.05, 4.69) is 4.90 Å². The molecule has 0 unspecified atom stereocenters. The van der Waals surface area contributed by atoms with Gasteiger partial charge in [0.05, 0.1) is 19.3 Å². The van der Waals surface area contributed by atoms with Crippen LogP contribution in [0.2, 0.25) is 0 Å². The van der Waals surface area contributed by atoms with Crippen LogP contribution in [-0.4, -0.2) is 72.4 Å². The monoisotopic (exact) mass is 350 g/mol. The number of carbonyl (C=O) groups excluding carboxylic acids is 1. The quantitative estimate of drug-likeness (QED) is 0.893. The van der Waals surface area contributed by atoms with Gasteiger partial charge in [-0.2, -0.15) is 0 Å². The van der Waals surface area contributed by atoms with E-state index in [-0.39, 0.29) is 17.8 Å². The van der Waals surface area contributed by atoms with E-state index in [4.69, 9.17) is 4.74 Å². The molecule has 1 aromatic rings. The minimum Gasteiger partial charge on any atom is -0.391 e. The van der Waals surface area contributed by atoms with Crippen LogP contribution in [0.1, 0.15) is 24.8 Å². The highest BCUT2D eigenvalue weighted by Gasteiger charge is 2.31. The predicted molar refractivity (Wildman–Crippen MR) is 92.7 cm³/mol. The summed E-state index contributed by atoms with van der Waals surface area (Å²) in [5, 5.41) is 10.5. The molecular weight excluding hydrogens is 323 g/mol. The van der Waals surface area contributed by atoms with Crippen molar-refractivity contribution in [3.8, 4) is 0 Å². The molecular formula is C19H27FN2O3. The number of rotatable bonds is 4. The van der Waals surface area contributed by atoms with Gasteiger partial charge in [0.25, 0.3) is 0 Å². The van der Waals surface area contributed by atoms with E-state index in [1.165, 1.54) is 6.07 Å². The summed E-state index contributed by atoms with van der Waals surface area (Å²) in [5.41, 5.74) is 0.580. The van der Waals surface area contributed by atoms with Gasteiger partial charge >= 0.3 is 0 Å². The fourth-order valence-electron chi connectivity index (χ4n) is 3.76. The molecule has 1 amide bonds. The molecule has 1 aromatic carbocycles. The van der Waals surface area contributed by atoms with E-state index < -0.39 is 6.10 Å². The van der Waals surface area contributed by atoms with Crippen molar-refractivity contribution in [1.29, 1.82) is 0 Å². The third-order valence-electron chi connectivity index (χ3n) is 5.27. The van der Waals surface area contributed by atoms with Gasteiger partial charge in [-0.15, -0.1) is 0 Å². The van der Waals surface area contributed by atoms with Crippen molar-refractivity contribution < 1.29 is 19.0 Å². The van der Waals surface area contributed by atoms with Gasteiger partial charge in [0.1, 0.15) is 5.82 Å². The molecule has 5 nitrogen and oxygen atoms in total. The molecule has 2 aliphatic rings. The molecule has 0 saturated carbocycles. The van der Waals surface area contributed by atoms with Crippen LogP contribution in [0.25, 0.3) is 0 Å². The van der Waals surface area contributed by atoms with Crippen LogP contribution >= 0.6 is 0 Å². The summed E-state index contributed by atoms with van der Waals surface area (Å²) in [6, 6.07) is 6.69. The average Bonchev–Trinajstić information content (AvgIpc) is 2.83. The van der Waals surface area contributed by atoms with Crippen molar-refractivity contribution in [3.63, 3.8) is 0 Å². The Bertz CT molecular complexity index is 578. The van der Waals surface area contributed by atoms with E-state index in [0.29, 0.717) is 51.1 Å². The Kier molecular flexibility index (Phi) is 6.39. The van der Waals surface area contributed by atoms with Crippen LogP contribution in [0.5, 0.6) is 0 Å². The van der Waals surface area contributed by atoms with Crippen LogP contribution in [0.15, 0.2) is 24.3 Å². The van der Waals surface area contributed by atoms with Crippen LogP contribution < -0.4 is 0 Å². The Labute approximate surface area is 148 Å². The number of likely N-dealkylation sites (tertiary alicyclic amines) is 1. The second-order valence-electron chi connectivity index (χ2n) is 6.83. The van der Waals surface area contributed by atoms with E-state index >= 15 is 0 Å². The summed E-state index contributed by atoms with van der Waals surface area (Å²) in [4.78, 5) is 16.6. The number of halogens is 1. The van der Waals surface area contributed by atoms with Crippen molar-refractivity contribution in [3.05, 3.63) is 35.6 Å². The van der Waals surface area contributed by atoms with E-state index in [0.717, 1.165) is 19.5 Å². The molecule has 0 bridgehead atoms. The molecule has 2 fully saturated rings. The van der Waals surface area contributed by atoms with E-state index in [1.807, 2.05) is 4.90 Å². The number of aliphatic hydroxyl groups is 1. The van der Waals surface area contributed by atoms with E-state index in [1.54, 1.807) is 18.2 Å². The maximum absolute atomic E-state index is 13.7. The molecule has 0 radical (unpaired) electrons. The Morgan fingerprint density at radius 2 is 1.88 bits per heavy atom.